The van der Waals surface area contributed by atoms with E-state index in [-0.39, 0.29) is 23.5 Å². The highest BCUT2D eigenvalue weighted by molar-refractivity contribution is 5.94. The Balaban J connectivity index is 1.73. The van der Waals surface area contributed by atoms with Crippen molar-refractivity contribution in [1.29, 1.82) is 0 Å². The molecule has 38 heavy (non-hydrogen) atoms. The summed E-state index contributed by atoms with van der Waals surface area (Å²) in [4.78, 5) is 30.6. The fourth-order valence-electron chi connectivity index (χ4n) is 4.85. The molecule has 0 aliphatic carbocycles. The number of nitro groups is 1. The van der Waals surface area contributed by atoms with E-state index in [4.69, 9.17) is 5.10 Å². The molecular weight excluding hydrogens is 487 g/mol. The van der Waals surface area contributed by atoms with Gasteiger partial charge >= 0.3 is 0 Å². The van der Waals surface area contributed by atoms with Gasteiger partial charge in [-0.25, -0.2) is 9.07 Å². The fourth-order valence-corrected chi connectivity index (χ4v) is 4.85. The zero-order valence-corrected chi connectivity index (χ0v) is 22.6. The third-order valence-electron chi connectivity index (χ3n) is 7.09. The summed E-state index contributed by atoms with van der Waals surface area (Å²) in [6.45, 7) is 13.8. The molecule has 3 aromatic rings. The zero-order chi connectivity index (χ0) is 27.6. The highest BCUT2D eigenvalue weighted by Crippen LogP contribution is 2.31. The van der Waals surface area contributed by atoms with Gasteiger partial charge in [-0.3, -0.25) is 19.8 Å². The second kappa shape index (κ2) is 11.3. The Bertz CT molecular complexity index is 1300. The normalized spacial score (nSPS) is 14.4. The van der Waals surface area contributed by atoms with E-state index < -0.39 is 4.92 Å². The van der Waals surface area contributed by atoms with Crippen LogP contribution in [0.4, 0.5) is 15.9 Å². The second-order valence-corrected chi connectivity index (χ2v) is 10.2. The van der Waals surface area contributed by atoms with Crippen LogP contribution in [0.5, 0.6) is 0 Å². The van der Waals surface area contributed by atoms with Crippen LogP contribution in [0.15, 0.2) is 48.5 Å². The van der Waals surface area contributed by atoms with Crippen LogP contribution in [0.3, 0.4) is 0 Å². The van der Waals surface area contributed by atoms with Gasteiger partial charge < -0.3 is 9.80 Å². The SMILES string of the molecule is Cc1nn(-c2cccc(F)c2)c(N2CCN(C(C)C)CC2)c1CN(C(=O)c1ccc([N+](=O)[O-])cc1)C(C)C. The van der Waals surface area contributed by atoms with Gasteiger partial charge in [0, 0.05) is 61.5 Å². The summed E-state index contributed by atoms with van der Waals surface area (Å²) >= 11 is 0. The minimum Gasteiger partial charge on any atom is -0.354 e. The maximum absolute atomic E-state index is 14.2. The number of piperazine rings is 1. The van der Waals surface area contributed by atoms with Gasteiger partial charge in [-0.15, -0.1) is 0 Å². The van der Waals surface area contributed by atoms with Crippen molar-refractivity contribution in [3.8, 4) is 5.69 Å². The number of anilines is 1. The Morgan fingerprint density at radius 2 is 1.74 bits per heavy atom. The lowest BCUT2D eigenvalue weighted by Crippen LogP contribution is -2.49. The summed E-state index contributed by atoms with van der Waals surface area (Å²) in [7, 11) is 0. The number of hydrogen-bond donors (Lipinski definition) is 0. The van der Waals surface area contributed by atoms with Crippen molar-refractivity contribution in [3.63, 3.8) is 0 Å². The highest BCUT2D eigenvalue weighted by Gasteiger charge is 2.29. The molecule has 1 amide bonds. The monoisotopic (exact) mass is 522 g/mol. The number of halogens is 1. The van der Waals surface area contributed by atoms with E-state index >= 15 is 0 Å². The van der Waals surface area contributed by atoms with Crippen LogP contribution >= 0.6 is 0 Å². The Hall–Kier alpha value is -3.79. The molecule has 0 unspecified atom stereocenters. The van der Waals surface area contributed by atoms with Crippen LogP contribution in [0.1, 0.15) is 49.3 Å². The summed E-state index contributed by atoms with van der Waals surface area (Å²) in [5.41, 5.74) is 2.60. The van der Waals surface area contributed by atoms with E-state index in [1.54, 1.807) is 15.6 Å². The van der Waals surface area contributed by atoms with Gasteiger partial charge in [0.15, 0.2) is 0 Å². The number of carbonyl (C=O) groups excluding carboxylic acids is 1. The molecule has 202 valence electrons. The number of aryl methyl sites for hydroxylation is 1. The van der Waals surface area contributed by atoms with Crippen LogP contribution in [0.25, 0.3) is 5.69 Å². The molecule has 0 spiro atoms. The van der Waals surface area contributed by atoms with Crippen molar-refractivity contribution < 1.29 is 14.1 Å². The van der Waals surface area contributed by atoms with Gasteiger partial charge in [0.2, 0.25) is 0 Å². The molecule has 1 aromatic heterocycles. The van der Waals surface area contributed by atoms with Crippen molar-refractivity contribution in [2.24, 2.45) is 0 Å². The topological polar surface area (TPSA) is 87.8 Å². The van der Waals surface area contributed by atoms with Crippen LogP contribution in [-0.4, -0.2) is 68.7 Å². The van der Waals surface area contributed by atoms with Crippen molar-refractivity contribution in [2.75, 3.05) is 31.1 Å². The fraction of sp³-hybridized carbons (Fsp3) is 0.429. The second-order valence-electron chi connectivity index (χ2n) is 10.2. The molecule has 1 aliphatic rings. The number of non-ortho nitro benzene ring substituents is 1. The quantitative estimate of drug-likeness (QED) is 0.312. The van der Waals surface area contributed by atoms with Crippen LogP contribution in [0.2, 0.25) is 0 Å². The van der Waals surface area contributed by atoms with Crippen LogP contribution in [0, 0.1) is 22.9 Å². The van der Waals surface area contributed by atoms with E-state index in [0.717, 1.165) is 43.3 Å². The van der Waals surface area contributed by atoms with E-state index in [1.165, 1.54) is 36.4 Å². The van der Waals surface area contributed by atoms with Gasteiger partial charge in [-0.05, 0) is 65.0 Å². The Morgan fingerprint density at radius 1 is 1.08 bits per heavy atom. The molecule has 9 nitrogen and oxygen atoms in total. The number of aromatic nitrogens is 2. The van der Waals surface area contributed by atoms with E-state index in [2.05, 4.69) is 23.6 Å². The van der Waals surface area contributed by atoms with Gasteiger partial charge in [0.05, 0.1) is 22.8 Å². The number of benzene rings is 2. The predicted molar refractivity (Wildman–Crippen MR) is 145 cm³/mol. The molecule has 0 bridgehead atoms. The molecule has 0 saturated carbocycles. The molecular formula is C28H35FN6O3. The highest BCUT2D eigenvalue weighted by atomic mass is 19.1. The lowest BCUT2D eigenvalue weighted by atomic mass is 10.1. The van der Waals surface area contributed by atoms with Gasteiger partial charge in [0.25, 0.3) is 11.6 Å². The first-order chi connectivity index (χ1) is 18.1. The largest absolute Gasteiger partial charge is 0.354 e. The molecule has 4 rings (SSSR count). The molecule has 0 atom stereocenters. The van der Waals surface area contributed by atoms with E-state index in [9.17, 15) is 19.3 Å². The first kappa shape index (κ1) is 27.3. The molecule has 10 heteroatoms. The van der Waals surface area contributed by atoms with Gasteiger partial charge in [0.1, 0.15) is 11.6 Å². The number of carbonyl (C=O) groups is 1. The van der Waals surface area contributed by atoms with Crippen molar-refractivity contribution in [3.05, 3.63) is 81.3 Å². The van der Waals surface area contributed by atoms with E-state index in [0.29, 0.717) is 23.8 Å². The summed E-state index contributed by atoms with van der Waals surface area (Å²) in [6.07, 6.45) is 0. The average molecular weight is 523 g/mol. The summed E-state index contributed by atoms with van der Waals surface area (Å²) in [6, 6.07) is 12.3. The number of nitro benzene ring substituents is 1. The maximum atomic E-state index is 14.2. The molecule has 1 fully saturated rings. The number of amides is 1. The predicted octanol–water partition coefficient (Wildman–Crippen LogP) is 4.81. The van der Waals surface area contributed by atoms with E-state index in [1.807, 2.05) is 26.8 Å². The molecule has 2 heterocycles. The molecule has 0 radical (unpaired) electrons. The van der Waals surface area contributed by atoms with Crippen molar-refractivity contribution in [1.82, 2.24) is 19.6 Å². The van der Waals surface area contributed by atoms with Crippen molar-refractivity contribution >= 4 is 17.4 Å². The Labute approximate surface area is 222 Å². The first-order valence-corrected chi connectivity index (χ1v) is 13.0. The molecule has 2 aromatic carbocycles. The lowest BCUT2D eigenvalue weighted by molar-refractivity contribution is -0.384. The lowest BCUT2D eigenvalue weighted by Gasteiger charge is -2.39. The van der Waals surface area contributed by atoms with Gasteiger partial charge in [-0.1, -0.05) is 6.07 Å². The maximum Gasteiger partial charge on any atom is 0.269 e. The third kappa shape index (κ3) is 5.70. The number of hydrogen-bond acceptors (Lipinski definition) is 6. The number of nitrogens with zero attached hydrogens (tertiary/aromatic N) is 6. The average Bonchev–Trinajstić information content (AvgIpc) is 3.22. The zero-order valence-electron chi connectivity index (χ0n) is 22.6. The minimum absolute atomic E-state index is 0.0623. The summed E-state index contributed by atoms with van der Waals surface area (Å²) in [5.74, 6) is 0.298. The minimum atomic E-state index is -0.482. The third-order valence-corrected chi connectivity index (χ3v) is 7.09. The Kier molecular flexibility index (Phi) is 8.11. The van der Waals surface area contributed by atoms with Crippen molar-refractivity contribution in [2.45, 2.75) is 53.2 Å². The Morgan fingerprint density at radius 3 is 2.29 bits per heavy atom. The number of rotatable bonds is 8. The summed E-state index contributed by atoms with van der Waals surface area (Å²) in [5, 5.41) is 15.9. The molecule has 1 saturated heterocycles. The smallest absolute Gasteiger partial charge is 0.269 e. The standard InChI is InChI=1S/C28H35FN6O3/c1-19(2)31-13-15-32(16-14-31)27-26(21(5)30-34(27)25-8-6-7-23(29)17-25)18-33(20(3)4)28(36)22-9-11-24(12-10-22)35(37)38/h6-12,17,19-20H,13-16,18H2,1-5H3. The summed E-state index contributed by atoms with van der Waals surface area (Å²) < 4.78 is 16.0. The van der Waals surface area contributed by atoms with Crippen LogP contribution < -0.4 is 4.90 Å². The van der Waals surface area contributed by atoms with Gasteiger partial charge in [-0.2, -0.15) is 5.10 Å². The molecule has 0 N–H and O–H groups in total. The first-order valence-electron chi connectivity index (χ1n) is 13.0. The van der Waals surface area contributed by atoms with Crippen LogP contribution in [-0.2, 0) is 6.54 Å². The molecule has 1 aliphatic heterocycles.